The van der Waals surface area contributed by atoms with Gasteiger partial charge in [0.1, 0.15) is 11.6 Å². The fourth-order valence-corrected chi connectivity index (χ4v) is 4.37. The van der Waals surface area contributed by atoms with Gasteiger partial charge < -0.3 is 10.4 Å². The molecule has 4 aromatic rings. The molecule has 154 valence electrons. The van der Waals surface area contributed by atoms with Crippen molar-refractivity contribution in [3.8, 4) is 17.3 Å². The van der Waals surface area contributed by atoms with E-state index in [1.807, 2.05) is 35.6 Å². The Morgan fingerprint density at radius 2 is 1.35 bits per heavy atom. The third-order valence-electron chi connectivity index (χ3n) is 5.81. The second kappa shape index (κ2) is 7.74. The lowest BCUT2D eigenvalue weighted by molar-refractivity contribution is -0.690. The van der Waals surface area contributed by atoms with E-state index in [-0.39, 0.29) is 11.4 Å². The van der Waals surface area contributed by atoms with Gasteiger partial charge in [0.05, 0.1) is 17.9 Å². The second-order valence-electron chi connectivity index (χ2n) is 7.62. The summed E-state index contributed by atoms with van der Waals surface area (Å²) in [6.45, 7) is 0.788. The fourth-order valence-electron chi connectivity index (χ4n) is 4.37. The summed E-state index contributed by atoms with van der Waals surface area (Å²) in [6, 6.07) is 25.3. The van der Waals surface area contributed by atoms with E-state index in [9.17, 15) is 14.7 Å². The van der Waals surface area contributed by atoms with Crippen LogP contribution in [0.3, 0.4) is 0 Å². The van der Waals surface area contributed by atoms with Crippen molar-refractivity contribution in [3.63, 3.8) is 0 Å². The summed E-state index contributed by atoms with van der Waals surface area (Å²) in [5, 5.41) is 13.3. The van der Waals surface area contributed by atoms with Crippen molar-refractivity contribution in [3.05, 3.63) is 122 Å². The molecule has 0 radical (unpaired) electrons. The van der Waals surface area contributed by atoms with Crippen LogP contribution in [0.5, 0.6) is 5.88 Å². The number of benzene rings is 3. The molecular weight excluding hydrogens is 390 g/mol. The average molecular weight is 412 g/mol. The lowest BCUT2D eigenvalue weighted by Crippen LogP contribution is -2.88. The minimum absolute atomic E-state index is 0.208. The summed E-state index contributed by atoms with van der Waals surface area (Å²) in [5.41, 5.74) is 2.20. The summed E-state index contributed by atoms with van der Waals surface area (Å²) in [4.78, 5) is 27.1. The maximum absolute atomic E-state index is 13.7. The van der Waals surface area contributed by atoms with Crippen LogP contribution in [0.1, 0.15) is 22.7 Å². The molecule has 5 rings (SSSR count). The van der Waals surface area contributed by atoms with E-state index in [0.717, 1.165) is 28.7 Å². The Bertz CT molecular complexity index is 1360. The molecule has 0 amide bonds. The number of aromatic hydroxyl groups is 1. The molecule has 0 aliphatic carbocycles. The first-order valence-electron chi connectivity index (χ1n) is 10.3. The Hall–Kier alpha value is -3.90. The van der Waals surface area contributed by atoms with E-state index in [0.29, 0.717) is 11.4 Å². The number of para-hydroxylation sites is 2. The number of nitrogens with two attached hydrogens (primary N) is 1. The third-order valence-corrected chi connectivity index (χ3v) is 5.81. The second-order valence-corrected chi connectivity index (χ2v) is 7.62. The highest BCUT2D eigenvalue weighted by Crippen LogP contribution is 2.29. The smallest absolute Gasteiger partial charge is 0.343 e. The summed E-state index contributed by atoms with van der Waals surface area (Å²) in [7, 11) is 0. The summed E-state index contributed by atoms with van der Waals surface area (Å²) < 4.78 is 2.36. The first kappa shape index (κ1) is 19.1. The molecule has 1 aromatic heterocycles. The van der Waals surface area contributed by atoms with Crippen molar-refractivity contribution in [1.29, 1.82) is 0 Å². The molecule has 1 atom stereocenters. The number of hydrogen-bond donors (Lipinski definition) is 2. The van der Waals surface area contributed by atoms with E-state index in [4.69, 9.17) is 0 Å². The first-order valence-corrected chi connectivity index (χ1v) is 10.3. The van der Waals surface area contributed by atoms with Crippen LogP contribution >= 0.6 is 0 Å². The molecule has 31 heavy (non-hydrogen) atoms. The molecule has 0 saturated heterocycles. The van der Waals surface area contributed by atoms with Gasteiger partial charge in [0.25, 0.3) is 5.56 Å². The van der Waals surface area contributed by atoms with Crippen LogP contribution in [0.4, 0.5) is 0 Å². The van der Waals surface area contributed by atoms with Crippen molar-refractivity contribution >= 4 is 0 Å². The van der Waals surface area contributed by atoms with E-state index in [1.165, 1.54) is 4.57 Å². The Morgan fingerprint density at radius 1 is 0.774 bits per heavy atom. The monoisotopic (exact) mass is 412 g/mol. The minimum Gasteiger partial charge on any atom is -0.494 e. The largest absolute Gasteiger partial charge is 0.494 e. The van der Waals surface area contributed by atoms with E-state index in [2.05, 4.69) is 6.07 Å². The normalized spacial score (nSPS) is 15.4. The molecule has 3 N–H and O–H groups in total. The fraction of sp³-hybridized carbons (Fsp3) is 0.120. The highest BCUT2D eigenvalue weighted by atomic mass is 16.3. The van der Waals surface area contributed by atoms with Crippen molar-refractivity contribution < 1.29 is 10.4 Å². The maximum Gasteiger partial charge on any atom is 0.343 e. The molecule has 6 heteroatoms. The zero-order chi connectivity index (χ0) is 21.4. The number of rotatable bonds is 3. The van der Waals surface area contributed by atoms with Gasteiger partial charge in [0.2, 0.25) is 5.88 Å². The standard InChI is InChI=1S/C25H21N3O3/c29-23-21(22-20-14-8-7-9-17(20)15-16-26-22)24(30)28(19-12-5-2-6-13-19)25(31)27(23)18-10-3-1-4-11-18/h1-14,22,26,29H,15-16H2/p+1/t22-/m1/s1. The summed E-state index contributed by atoms with van der Waals surface area (Å²) >= 11 is 0. The number of nitrogens with zero attached hydrogens (tertiary/aromatic N) is 2. The number of hydrogen-bond acceptors (Lipinski definition) is 3. The molecule has 6 nitrogen and oxygen atoms in total. The quantitative estimate of drug-likeness (QED) is 0.539. The Labute approximate surface area is 178 Å². The molecule has 2 heterocycles. The summed E-state index contributed by atoms with van der Waals surface area (Å²) in [5.74, 6) is -0.314. The zero-order valence-corrected chi connectivity index (χ0v) is 16.8. The van der Waals surface area contributed by atoms with Crippen LogP contribution < -0.4 is 16.6 Å². The molecule has 1 aliphatic heterocycles. The SMILES string of the molecule is O=c1c([C@@H]2[NH2+]CCc3ccccc32)c(O)n(-c2ccccc2)c(=O)n1-c1ccccc1. The van der Waals surface area contributed by atoms with Gasteiger partial charge in [0.15, 0.2) is 0 Å². The van der Waals surface area contributed by atoms with Gasteiger partial charge in [-0.3, -0.25) is 4.79 Å². The molecule has 0 unspecified atom stereocenters. The van der Waals surface area contributed by atoms with Crippen LogP contribution in [0, 0.1) is 0 Å². The molecule has 0 spiro atoms. The predicted molar refractivity (Wildman–Crippen MR) is 118 cm³/mol. The van der Waals surface area contributed by atoms with Crippen molar-refractivity contribution in [2.45, 2.75) is 12.5 Å². The molecule has 0 fully saturated rings. The van der Waals surface area contributed by atoms with Gasteiger partial charge in [-0.25, -0.2) is 13.9 Å². The number of quaternary nitrogens is 1. The Morgan fingerprint density at radius 3 is 2.03 bits per heavy atom. The lowest BCUT2D eigenvalue weighted by Gasteiger charge is -2.25. The van der Waals surface area contributed by atoms with Gasteiger partial charge in [0, 0.05) is 12.0 Å². The van der Waals surface area contributed by atoms with Gasteiger partial charge in [-0.1, -0.05) is 60.7 Å². The van der Waals surface area contributed by atoms with Crippen LogP contribution in [-0.4, -0.2) is 20.8 Å². The van der Waals surface area contributed by atoms with Crippen molar-refractivity contribution in [2.75, 3.05) is 6.54 Å². The molecule has 1 aliphatic rings. The van der Waals surface area contributed by atoms with Crippen LogP contribution in [0.25, 0.3) is 11.4 Å². The highest BCUT2D eigenvalue weighted by molar-refractivity contribution is 5.45. The van der Waals surface area contributed by atoms with Gasteiger partial charge in [-0.2, -0.15) is 0 Å². The topological polar surface area (TPSA) is 80.8 Å². The van der Waals surface area contributed by atoms with Crippen molar-refractivity contribution in [1.82, 2.24) is 9.13 Å². The number of fused-ring (bicyclic) bond motifs is 1. The Balaban J connectivity index is 1.86. The zero-order valence-electron chi connectivity index (χ0n) is 16.8. The lowest BCUT2D eigenvalue weighted by atomic mass is 9.90. The van der Waals surface area contributed by atoms with E-state index < -0.39 is 17.3 Å². The molecule has 3 aromatic carbocycles. The summed E-state index contributed by atoms with van der Waals surface area (Å²) in [6.07, 6.45) is 0.888. The highest BCUT2D eigenvalue weighted by Gasteiger charge is 2.33. The van der Waals surface area contributed by atoms with Gasteiger partial charge >= 0.3 is 5.69 Å². The van der Waals surface area contributed by atoms with Gasteiger partial charge in [-0.15, -0.1) is 0 Å². The predicted octanol–water partition coefficient (Wildman–Crippen LogP) is 1.90. The maximum atomic E-state index is 13.7. The molecule has 0 saturated carbocycles. The van der Waals surface area contributed by atoms with Gasteiger partial charge in [-0.05, 0) is 29.8 Å². The van der Waals surface area contributed by atoms with Crippen LogP contribution in [-0.2, 0) is 6.42 Å². The molecule has 0 bridgehead atoms. The average Bonchev–Trinajstić information content (AvgIpc) is 2.81. The first-order chi connectivity index (χ1) is 15.2. The van der Waals surface area contributed by atoms with Crippen molar-refractivity contribution in [2.24, 2.45) is 0 Å². The van der Waals surface area contributed by atoms with E-state index >= 15 is 0 Å². The van der Waals surface area contributed by atoms with Crippen LogP contribution in [0.15, 0.2) is 94.5 Å². The van der Waals surface area contributed by atoms with Crippen LogP contribution in [0.2, 0.25) is 0 Å². The minimum atomic E-state index is -0.604. The number of aromatic nitrogens is 2. The molecular formula is C25H22N3O3+. The Kier molecular flexibility index (Phi) is 4.76. The van der Waals surface area contributed by atoms with E-state index in [1.54, 1.807) is 48.5 Å². The third kappa shape index (κ3) is 3.17.